The normalized spacial score (nSPS) is 27.5. The summed E-state index contributed by atoms with van der Waals surface area (Å²) in [5.41, 5.74) is 0. The third-order valence-electron chi connectivity index (χ3n) is 1.76. The molecule has 0 spiro atoms. The molecule has 1 fully saturated rings. The van der Waals surface area contributed by atoms with Gasteiger partial charge in [0, 0.05) is 6.61 Å². The van der Waals surface area contributed by atoms with E-state index in [0.717, 1.165) is 19.4 Å². The van der Waals surface area contributed by atoms with Crippen LogP contribution >= 0.6 is 12.2 Å². The Kier molecular flexibility index (Phi) is 3.00. The summed E-state index contributed by atoms with van der Waals surface area (Å²) in [4.78, 5) is 3.95. The van der Waals surface area contributed by atoms with Crippen molar-refractivity contribution in [1.29, 1.82) is 0 Å². The van der Waals surface area contributed by atoms with Gasteiger partial charge in [0.15, 0.2) is 0 Å². The molecule has 2 nitrogen and oxygen atoms in total. The molecule has 1 aliphatic heterocycles. The quantitative estimate of drug-likeness (QED) is 0.449. The Hall–Kier alpha value is -0.240. The molecule has 0 saturated carbocycles. The maximum Gasteiger partial charge on any atom is 0.0836 e. The average Bonchev–Trinajstić information content (AvgIpc) is 2.38. The Morgan fingerprint density at radius 3 is 3.10 bits per heavy atom. The zero-order valence-electron chi connectivity index (χ0n) is 6.04. The molecule has 1 heterocycles. The topological polar surface area (TPSA) is 21.6 Å². The smallest absolute Gasteiger partial charge is 0.0836 e. The van der Waals surface area contributed by atoms with Gasteiger partial charge in [0.1, 0.15) is 0 Å². The SMILES string of the molecule is C[C@@H](N=C=S)C1CCCO1. The molecule has 0 radical (unpaired) electrons. The number of isothiocyanates is 1. The minimum Gasteiger partial charge on any atom is -0.376 e. The molecule has 1 rings (SSSR count). The van der Waals surface area contributed by atoms with Crippen LogP contribution in [0.4, 0.5) is 0 Å². The van der Waals surface area contributed by atoms with Gasteiger partial charge >= 0.3 is 0 Å². The molecule has 0 aromatic rings. The maximum absolute atomic E-state index is 5.39. The lowest BCUT2D eigenvalue weighted by Crippen LogP contribution is -2.19. The van der Waals surface area contributed by atoms with Gasteiger partial charge in [-0.2, -0.15) is 0 Å². The van der Waals surface area contributed by atoms with Crippen molar-refractivity contribution in [3.63, 3.8) is 0 Å². The molecule has 0 amide bonds. The summed E-state index contributed by atoms with van der Waals surface area (Å²) in [5.74, 6) is 0. The van der Waals surface area contributed by atoms with Gasteiger partial charge in [0.2, 0.25) is 0 Å². The van der Waals surface area contributed by atoms with Crippen LogP contribution in [-0.2, 0) is 4.74 Å². The Morgan fingerprint density at radius 1 is 1.80 bits per heavy atom. The Balaban J connectivity index is 2.39. The lowest BCUT2D eigenvalue weighted by Gasteiger charge is -2.11. The Morgan fingerprint density at radius 2 is 2.60 bits per heavy atom. The van der Waals surface area contributed by atoms with E-state index in [4.69, 9.17) is 4.74 Å². The highest BCUT2D eigenvalue weighted by Crippen LogP contribution is 2.16. The number of ether oxygens (including phenoxy) is 1. The number of rotatable bonds is 2. The highest BCUT2D eigenvalue weighted by Gasteiger charge is 2.21. The van der Waals surface area contributed by atoms with Crippen LogP contribution in [0.3, 0.4) is 0 Å². The van der Waals surface area contributed by atoms with Crippen molar-refractivity contribution >= 4 is 17.4 Å². The number of hydrogen-bond acceptors (Lipinski definition) is 3. The number of thiocarbonyl (C=S) groups is 1. The maximum atomic E-state index is 5.39. The fourth-order valence-electron chi connectivity index (χ4n) is 1.15. The van der Waals surface area contributed by atoms with E-state index < -0.39 is 0 Å². The van der Waals surface area contributed by atoms with Crippen LogP contribution in [0.15, 0.2) is 4.99 Å². The molecule has 0 aliphatic carbocycles. The van der Waals surface area contributed by atoms with Crippen LogP contribution in [-0.4, -0.2) is 23.9 Å². The van der Waals surface area contributed by atoms with Gasteiger partial charge in [-0.1, -0.05) is 0 Å². The van der Waals surface area contributed by atoms with Crippen molar-refractivity contribution in [2.75, 3.05) is 6.61 Å². The highest BCUT2D eigenvalue weighted by atomic mass is 32.1. The summed E-state index contributed by atoms with van der Waals surface area (Å²) in [6, 6.07) is 0.194. The first-order valence-electron chi connectivity index (χ1n) is 3.53. The molecule has 1 unspecified atom stereocenters. The molecule has 0 bridgehead atoms. The third kappa shape index (κ3) is 1.87. The highest BCUT2D eigenvalue weighted by molar-refractivity contribution is 7.78. The minimum absolute atomic E-state index is 0.194. The minimum atomic E-state index is 0.194. The fraction of sp³-hybridized carbons (Fsp3) is 0.857. The lowest BCUT2D eigenvalue weighted by molar-refractivity contribution is 0.0955. The van der Waals surface area contributed by atoms with Crippen molar-refractivity contribution in [2.45, 2.75) is 31.9 Å². The van der Waals surface area contributed by atoms with Crippen molar-refractivity contribution in [3.05, 3.63) is 0 Å². The molecule has 1 aliphatic rings. The predicted octanol–water partition coefficient (Wildman–Crippen LogP) is 1.66. The van der Waals surface area contributed by atoms with Gasteiger partial charge in [-0.25, -0.2) is 4.99 Å². The molecule has 3 heteroatoms. The molecular weight excluding hydrogens is 146 g/mol. The standard InChI is InChI=1S/C7H11NOS/c1-6(8-5-10)7-3-2-4-9-7/h6-7H,2-4H2,1H3/t6-,7?/m1/s1. The summed E-state index contributed by atoms with van der Waals surface area (Å²) in [7, 11) is 0. The molecule has 1 saturated heterocycles. The van der Waals surface area contributed by atoms with E-state index in [0.29, 0.717) is 0 Å². The zero-order chi connectivity index (χ0) is 7.40. The monoisotopic (exact) mass is 157 g/mol. The van der Waals surface area contributed by atoms with Crippen molar-refractivity contribution < 1.29 is 4.74 Å². The molecule has 0 N–H and O–H groups in total. The average molecular weight is 157 g/mol. The first-order chi connectivity index (χ1) is 4.84. The van der Waals surface area contributed by atoms with E-state index in [9.17, 15) is 0 Å². The van der Waals surface area contributed by atoms with E-state index in [1.807, 2.05) is 6.92 Å². The predicted molar refractivity (Wildman–Crippen MR) is 43.5 cm³/mol. The number of nitrogens with zero attached hydrogens (tertiary/aromatic N) is 1. The van der Waals surface area contributed by atoms with Crippen LogP contribution < -0.4 is 0 Å². The Labute approximate surface area is 66.3 Å². The van der Waals surface area contributed by atoms with Crippen molar-refractivity contribution in [1.82, 2.24) is 0 Å². The molecule has 2 atom stereocenters. The van der Waals surface area contributed by atoms with Gasteiger partial charge in [-0.05, 0) is 32.0 Å². The number of hydrogen-bond donors (Lipinski definition) is 0. The van der Waals surface area contributed by atoms with E-state index in [-0.39, 0.29) is 12.1 Å². The third-order valence-corrected chi connectivity index (χ3v) is 1.86. The Bertz CT molecular complexity index is 148. The second-order valence-corrected chi connectivity index (χ2v) is 2.70. The molecule has 10 heavy (non-hydrogen) atoms. The summed E-state index contributed by atoms with van der Waals surface area (Å²) in [6.45, 7) is 2.89. The van der Waals surface area contributed by atoms with Crippen molar-refractivity contribution in [2.24, 2.45) is 4.99 Å². The van der Waals surface area contributed by atoms with Crippen LogP contribution in [0.2, 0.25) is 0 Å². The summed E-state index contributed by atoms with van der Waals surface area (Å²) >= 11 is 4.49. The molecule has 0 aromatic heterocycles. The van der Waals surface area contributed by atoms with Crippen LogP contribution in [0.25, 0.3) is 0 Å². The number of aliphatic imine (C=N–C) groups is 1. The van der Waals surface area contributed by atoms with Crippen molar-refractivity contribution in [3.8, 4) is 0 Å². The first kappa shape index (κ1) is 7.86. The van der Waals surface area contributed by atoms with E-state index in [1.165, 1.54) is 0 Å². The van der Waals surface area contributed by atoms with Gasteiger partial charge in [0.25, 0.3) is 0 Å². The van der Waals surface area contributed by atoms with Gasteiger partial charge in [0.05, 0.1) is 17.3 Å². The van der Waals surface area contributed by atoms with Crippen LogP contribution in [0, 0.1) is 0 Å². The first-order valence-corrected chi connectivity index (χ1v) is 3.94. The van der Waals surface area contributed by atoms with Gasteiger partial charge in [-0.3, -0.25) is 0 Å². The van der Waals surface area contributed by atoms with Gasteiger partial charge in [-0.15, -0.1) is 0 Å². The van der Waals surface area contributed by atoms with E-state index >= 15 is 0 Å². The summed E-state index contributed by atoms with van der Waals surface area (Å²) in [5, 5.41) is 2.37. The molecule has 0 aromatic carbocycles. The molecular formula is C7H11NOS. The molecule has 56 valence electrons. The summed E-state index contributed by atoms with van der Waals surface area (Å²) in [6.07, 6.45) is 2.55. The fourth-order valence-corrected chi connectivity index (χ4v) is 1.32. The van der Waals surface area contributed by atoms with E-state index in [2.05, 4.69) is 22.4 Å². The summed E-state index contributed by atoms with van der Waals surface area (Å²) < 4.78 is 5.39. The zero-order valence-corrected chi connectivity index (χ0v) is 6.86. The van der Waals surface area contributed by atoms with Crippen LogP contribution in [0.1, 0.15) is 19.8 Å². The van der Waals surface area contributed by atoms with Gasteiger partial charge < -0.3 is 4.74 Å². The lowest BCUT2D eigenvalue weighted by atomic mass is 10.1. The largest absolute Gasteiger partial charge is 0.376 e. The second-order valence-electron chi connectivity index (χ2n) is 2.51. The second kappa shape index (κ2) is 3.81. The van der Waals surface area contributed by atoms with E-state index in [1.54, 1.807) is 0 Å². The van der Waals surface area contributed by atoms with Crippen LogP contribution in [0.5, 0.6) is 0 Å².